The molecule has 1 fully saturated rings. The van der Waals surface area contributed by atoms with E-state index in [9.17, 15) is 4.79 Å². The van der Waals surface area contributed by atoms with Crippen molar-refractivity contribution in [2.75, 3.05) is 0 Å². The summed E-state index contributed by atoms with van der Waals surface area (Å²) in [7, 11) is 0. The van der Waals surface area contributed by atoms with Crippen molar-refractivity contribution in [2.45, 2.75) is 57.7 Å². The zero-order chi connectivity index (χ0) is 14.5. The minimum Gasteiger partial charge on any atom is -0.481 e. The molecule has 3 N–H and O–H groups in total. The molecule has 4 nitrogen and oxygen atoms in total. The summed E-state index contributed by atoms with van der Waals surface area (Å²) in [5.41, 5.74) is 7.11. The molecule has 110 valence electrons. The molecule has 0 spiro atoms. The van der Waals surface area contributed by atoms with Gasteiger partial charge in [-0.2, -0.15) is 0 Å². The predicted molar refractivity (Wildman–Crippen MR) is 79.7 cm³/mol. The predicted octanol–water partition coefficient (Wildman–Crippen LogP) is 2.01. The van der Waals surface area contributed by atoms with E-state index in [0.717, 1.165) is 37.0 Å². The Kier molecular flexibility index (Phi) is 5.01. The number of carbonyl (C=O) groups excluding carboxylic acids is 1. The van der Waals surface area contributed by atoms with Crippen molar-refractivity contribution in [3.63, 3.8) is 0 Å². The lowest BCUT2D eigenvalue weighted by Crippen LogP contribution is -2.37. The van der Waals surface area contributed by atoms with Crippen LogP contribution in [0, 0.1) is 0 Å². The van der Waals surface area contributed by atoms with Crippen LogP contribution in [0.15, 0.2) is 24.3 Å². The van der Waals surface area contributed by atoms with Gasteiger partial charge in [0, 0.05) is 12.1 Å². The summed E-state index contributed by atoms with van der Waals surface area (Å²) in [6.07, 6.45) is 3.48. The topological polar surface area (TPSA) is 64.3 Å². The van der Waals surface area contributed by atoms with Gasteiger partial charge >= 0.3 is 0 Å². The fourth-order valence-electron chi connectivity index (χ4n) is 2.00. The van der Waals surface area contributed by atoms with Crippen LogP contribution in [0.25, 0.3) is 0 Å². The highest BCUT2D eigenvalue weighted by Gasteiger charge is 2.26. The van der Waals surface area contributed by atoms with Crippen LogP contribution in [0.4, 0.5) is 0 Å². The number of amides is 1. The van der Waals surface area contributed by atoms with Crippen molar-refractivity contribution in [1.82, 2.24) is 5.32 Å². The largest absolute Gasteiger partial charge is 0.481 e. The molecule has 1 aliphatic carbocycles. The van der Waals surface area contributed by atoms with E-state index in [1.165, 1.54) is 0 Å². The molecule has 1 amide bonds. The number of nitrogens with two attached hydrogens (primary N) is 1. The van der Waals surface area contributed by atoms with Crippen LogP contribution in [0.2, 0.25) is 0 Å². The van der Waals surface area contributed by atoms with Crippen molar-refractivity contribution >= 4 is 5.91 Å². The summed E-state index contributed by atoms with van der Waals surface area (Å²) in [6, 6.07) is 8.36. The van der Waals surface area contributed by atoms with E-state index in [1.807, 2.05) is 24.3 Å². The third-order valence-electron chi connectivity index (χ3n) is 3.53. The first kappa shape index (κ1) is 14.9. The Hall–Kier alpha value is -1.55. The summed E-state index contributed by atoms with van der Waals surface area (Å²) >= 11 is 0. The highest BCUT2D eigenvalue weighted by atomic mass is 16.5. The molecule has 1 aliphatic rings. The maximum atomic E-state index is 11.9. The van der Waals surface area contributed by atoms with Gasteiger partial charge in [0.25, 0.3) is 5.91 Å². The molecule has 0 radical (unpaired) electrons. The number of benzene rings is 1. The lowest BCUT2D eigenvalue weighted by atomic mass is 10.0. The van der Waals surface area contributed by atoms with E-state index in [-0.39, 0.29) is 11.9 Å². The zero-order valence-electron chi connectivity index (χ0n) is 12.3. The monoisotopic (exact) mass is 276 g/mol. The average molecular weight is 276 g/mol. The van der Waals surface area contributed by atoms with Gasteiger partial charge in [-0.05, 0) is 50.3 Å². The van der Waals surface area contributed by atoms with Crippen LogP contribution in [-0.2, 0) is 11.2 Å². The van der Waals surface area contributed by atoms with Gasteiger partial charge in [0.05, 0.1) is 0 Å². The maximum absolute atomic E-state index is 11.9. The van der Waals surface area contributed by atoms with Gasteiger partial charge in [0.2, 0.25) is 0 Å². The van der Waals surface area contributed by atoms with Crippen LogP contribution in [0.5, 0.6) is 5.75 Å². The maximum Gasteiger partial charge on any atom is 0.260 e. The highest BCUT2D eigenvalue weighted by Crippen LogP contribution is 2.20. The second kappa shape index (κ2) is 6.75. The van der Waals surface area contributed by atoms with E-state index in [1.54, 1.807) is 6.92 Å². The molecule has 1 saturated carbocycles. The number of hydrogen-bond acceptors (Lipinski definition) is 3. The van der Waals surface area contributed by atoms with Gasteiger partial charge in [-0.15, -0.1) is 0 Å². The number of rotatable bonds is 7. The molecule has 2 rings (SSSR count). The van der Waals surface area contributed by atoms with E-state index >= 15 is 0 Å². The van der Waals surface area contributed by atoms with Crippen molar-refractivity contribution in [3.05, 3.63) is 29.8 Å². The first-order valence-corrected chi connectivity index (χ1v) is 7.40. The fourth-order valence-corrected chi connectivity index (χ4v) is 2.00. The Morgan fingerprint density at radius 3 is 2.90 bits per heavy atom. The summed E-state index contributed by atoms with van der Waals surface area (Å²) in [4.78, 5) is 11.9. The lowest BCUT2D eigenvalue weighted by Gasteiger charge is -2.16. The molecule has 1 aromatic carbocycles. The van der Waals surface area contributed by atoms with E-state index in [0.29, 0.717) is 6.04 Å². The van der Waals surface area contributed by atoms with Gasteiger partial charge in [0.15, 0.2) is 6.10 Å². The number of carbonyl (C=O) groups is 1. The summed E-state index contributed by atoms with van der Waals surface area (Å²) in [6.45, 7) is 3.86. The van der Waals surface area contributed by atoms with Crippen molar-refractivity contribution in [3.8, 4) is 5.75 Å². The van der Waals surface area contributed by atoms with E-state index in [4.69, 9.17) is 10.5 Å². The Morgan fingerprint density at radius 1 is 1.50 bits per heavy atom. The molecule has 20 heavy (non-hydrogen) atoms. The fraction of sp³-hybridized carbons (Fsp3) is 0.562. The van der Waals surface area contributed by atoms with Gasteiger partial charge in [-0.1, -0.05) is 19.1 Å². The molecular formula is C16H24N2O2. The average Bonchev–Trinajstić information content (AvgIpc) is 3.22. The van der Waals surface area contributed by atoms with Crippen molar-refractivity contribution in [2.24, 2.45) is 5.73 Å². The number of ether oxygens (including phenoxy) is 1. The van der Waals surface area contributed by atoms with Crippen molar-refractivity contribution < 1.29 is 9.53 Å². The zero-order valence-corrected chi connectivity index (χ0v) is 12.3. The minimum atomic E-state index is -0.467. The molecular weight excluding hydrogens is 252 g/mol. The molecule has 2 atom stereocenters. The molecule has 0 aromatic heterocycles. The summed E-state index contributed by atoms with van der Waals surface area (Å²) in [5, 5.41) is 2.95. The van der Waals surface area contributed by atoms with Crippen molar-refractivity contribution in [1.29, 1.82) is 0 Å². The van der Waals surface area contributed by atoms with Crippen LogP contribution in [0.1, 0.15) is 38.7 Å². The standard InChI is InChI=1S/C16H24N2O2/c1-3-13(17)9-12-5-4-6-15(10-12)20-11(2)16(19)18-14-7-8-14/h4-6,10-11,13-14H,3,7-9,17H2,1-2H3,(H,18,19). The second-order valence-electron chi connectivity index (χ2n) is 5.56. The number of hydrogen-bond donors (Lipinski definition) is 2. The highest BCUT2D eigenvalue weighted by molar-refractivity contribution is 5.81. The molecule has 4 heteroatoms. The normalized spacial score (nSPS) is 17.4. The molecule has 0 heterocycles. The molecule has 2 unspecified atom stereocenters. The Bertz CT molecular complexity index is 458. The van der Waals surface area contributed by atoms with Gasteiger partial charge < -0.3 is 15.8 Å². The lowest BCUT2D eigenvalue weighted by molar-refractivity contribution is -0.127. The Balaban J connectivity index is 1.90. The van der Waals surface area contributed by atoms with E-state index in [2.05, 4.69) is 12.2 Å². The van der Waals surface area contributed by atoms with Gasteiger partial charge in [-0.3, -0.25) is 4.79 Å². The second-order valence-corrected chi connectivity index (χ2v) is 5.56. The molecule has 0 saturated heterocycles. The first-order chi connectivity index (χ1) is 9.58. The molecule has 0 aliphatic heterocycles. The molecule has 1 aromatic rings. The first-order valence-electron chi connectivity index (χ1n) is 7.40. The third-order valence-corrected chi connectivity index (χ3v) is 3.53. The smallest absolute Gasteiger partial charge is 0.260 e. The quantitative estimate of drug-likeness (QED) is 0.800. The Morgan fingerprint density at radius 2 is 2.25 bits per heavy atom. The van der Waals surface area contributed by atoms with Crippen LogP contribution >= 0.6 is 0 Å². The minimum absolute atomic E-state index is 0.0387. The number of nitrogens with one attached hydrogen (secondary N) is 1. The van der Waals surface area contributed by atoms with Crippen LogP contribution < -0.4 is 15.8 Å². The summed E-state index contributed by atoms with van der Waals surface area (Å²) in [5.74, 6) is 0.687. The third kappa shape index (κ3) is 4.53. The van der Waals surface area contributed by atoms with E-state index < -0.39 is 6.10 Å². The van der Waals surface area contributed by atoms with Crippen LogP contribution in [0.3, 0.4) is 0 Å². The molecule has 0 bridgehead atoms. The van der Waals surface area contributed by atoms with Gasteiger partial charge in [-0.25, -0.2) is 0 Å². The summed E-state index contributed by atoms with van der Waals surface area (Å²) < 4.78 is 5.71. The Labute approximate surface area is 120 Å². The van der Waals surface area contributed by atoms with Gasteiger partial charge in [0.1, 0.15) is 5.75 Å². The SMILES string of the molecule is CCC(N)Cc1cccc(OC(C)C(=O)NC2CC2)c1. The van der Waals surface area contributed by atoms with Crippen LogP contribution in [-0.4, -0.2) is 24.1 Å².